The van der Waals surface area contributed by atoms with Crippen molar-refractivity contribution >= 4 is 22.6 Å². The zero-order valence-corrected chi connectivity index (χ0v) is 12.8. The van der Waals surface area contributed by atoms with Crippen LogP contribution in [-0.4, -0.2) is 16.7 Å². The number of aromatic hydroxyl groups is 1. The zero-order valence-electron chi connectivity index (χ0n) is 12.8. The Morgan fingerprint density at radius 2 is 1.92 bits per heavy atom. The first-order valence-corrected chi connectivity index (χ1v) is 7.21. The molecule has 3 rings (SSSR count). The summed E-state index contributed by atoms with van der Waals surface area (Å²) in [5.74, 6) is -0.506. The third kappa shape index (κ3) is 3.17. The second kappa shape index (κ2) is 6.37. The molecule has 0 saturated carbocycles. The lowest BCUT2D eigenvalue weighted by atomic mass is 10.1. The van der Waals surface area contributed by atoms with Crippen LogP contribution >= 0.6 is 0 Å². The molecule has 0 radical (unpaired) electrons. The molecule has 0 aliphatic rings. The number of benzene rings is 2. The van der Waals surface area contributed by atoms with E-state index in [1.807, 2.05) is 12.1 Å². The molecule has 1 aromatic heterocycles. The number of phenols is 1. The van der Waals surface area contributed by atoms with Gasteiger partial charge in [0.05, 0.1) is 11.3 Å². The minimum atomic E-state index is -0.526. The Morgan fingerprint density at radius 1 is 1.12 bits per heavy atom. The molecule has 6 nitrogen and oxygen atoms in total. The van der Waals surface area contributed by atoms with Gasteiger partial charge < -0.3 is 9.52 Å². The van der Waals surface area contributed by atoms with Crippen molar-refractivity contribution in [2.24, 2.45) is 5.10 Å². The first kappa shape index (κ1) is 15.5. The Bertz CT molecular complexity index is 1010. The van der Waals surface area contributed by atoms with E-state index in [0.717, 1.165) is 5.39 Å². The van der Waals surface area contributed by atoms with Gasteiger partial charge in [-0.25, -0.2) is 10.2 Å². The predicted octanol–water partition coefficient (Wildman–Crippen LogP) is 2.65. The van der Waals surface area contributed by atoms with Gasteiger partial charge in [-0.2, -0.15) is 5.10 Å². The van der Waals surface area contributed by atoms with Crippen LogP contribution in [0.2, 0.25) is 0 Å². The Balaban J connectivity index is 1.87. The number of nitrogens with zero attached hydrogens (tertiary/aromatic N) is 1. The van der Waals surface area contributed by atoms with Crippen molar-refractivity contribution in [3.8, 4) is 5.75 Å². The number of hydrogen-bond donors (Lipinski definition) is 2. The zero-order chi connectivity index (χ0) is 17.1. The summed E-state index contributed by atoms with van der Waals surface area (Å²) in [6, 6.07) is 14.7. The van der Waals surface area contributed by atoms with Crippen LogP contribution in [0.1, 0.15) is 22.8 Å². The third-order valence-electron chi connectivity index (χ3n) is 3.46. The highest BCUT2D eigenvalue weighted by Crippen LogP contribution is 2.13. The lowest BCUT2D eigenvalue weighted by Crippen LogP contribution is -2.21. The normalized spacial score (nSPS) is 11.5. The summed E-state index contributed by atoms with van der Waals surface area (Å²) in [6.07, 6.45) is 0. The fourth-order valence-electron chi connectivity index (χ4n) is 2.22. The number of carbonyl (C=O) groups excluding carboxylic acids is 1. The van der Waals surface area contributed by atoms with Gasteiger partial charge in [0, 0.05) is 10.9 Å². The highest BCUT2D eigenvalue weighted by Gasteiger charge is 2.10. The van der Waals surface area contributed by atoms with E-state index in [1.54, 1.807) is 37.3 Å². The maximum atomic E-state index is 12.0. The average molecular weight is 322 g/mol. The number of hydrazone groups is 1. The second-order valence-electron chi connectivity index (χ2n) is 5.17. The molecule has 0 aliphatic carbocycles. The topological polar surface area (TPSA) is 91.9 Å². The SMILES string of the molecule is C/C(=N/NC(=O)c1cccc(O)c1)c1cc2ccccc2oc1=O. The molecule has 6 heteroatoms. The van der Waals surface area contributed by atoms with Gasteiger partial charge in [0.15, 0.2) is 0 Å². The van der Waals surface area contributed by atoms with Crippen molar-refractivity contribution in [2.75, 3.05) is 0 Å². The van der Waals surface area contributed by atoms with Crippen molar-refractivity contribution in [1.29, 1.82) is 0 Å². The number of amides is 1. The summed E-state index contributed by atoms with van der Waals surface area (Å²) in [5.41, 5.74) is 3.17. The number of para-hydroxylation sites is 1. The van der Waals surface area contributed by atoms with Gasteiger partial charge in [0.2, 0.25) is 0 Å². The van der Waals surface area contributed by atoms with Gasteiger partial charge in [-0.1, -0.05) is 24.3 Å². The van der Waals surface area contributed by atoms with Crippen LogP contribution < -0.4 is 11.1 Å². The van der Waals surface area contributed by atoms with E-state index in [1.165, 1.54) is 12.1 Å². The van der Waals surface area contributed by atoms with Crippen molar-refractivity contribution in [1.82, 2.24) is 5.43 Å². The molecule has 2 aromatic carbocycles. The molecule has 24 heavy (non-hydrogen) atoms. The van der Waals surface area contributed by atoms with E-state index in [2.05, 4.69) is 10.5 Å². The molecule has 0 atom stereocenters. The van der Waals surface area contributed by atoms with Crippen LogP contribution in [0.4, 0.5) is 0 Å². The Labute approximate surface area is 137 Å². The van der Waals surface area contributed by atoms with Gasteiger partial charge >= 0.3 is 5.63 Å². The summed E-state index contributed by atoms with van der Waals surface area (Å²) in [6.45, 7) is 1.60. The molecule has 3 aromatic rings. The molecule has 0 bridgehead atoms. The first-order chi connectivity index (χ1) is 11.5. The van der Waals surface area contributed by atoms with Crippen molar-refractivity contribution in [2.45, 2.75) is 6.92 Å². The van der Waals surface area contributed by atoms with E-state index < -0.39 is 11.5 Å². The smallest absolute Gasteiger partial charge is 0.345 e. The number of hydrogen-bond acceptors (Lipinski definition) is 5. The van der Waals surface area contributed by atoms with Crippen LogP contribution in [0.25, 0.3) is 11.0 Å². The molecular formula is C18H14N2O4. The Kier molecular flexibility index (Phi) is 4.11. The Morgan fingerprint density at radius 3 is 2.71 bits per heavy atom. The number of phenolic OH excluding ortho intramolecular Hbond substituents is 1. The molecular weight excluding hydrogens is 308 g/mol. The highest BCUT2D eigenvalue weighted by atomic mass is 16.4. The summed E-state index contributed by atoms with van der Waals surface area (Å²) < 4.78 is 5.24. The van der Waals surface area contributed by atoms with Crippen LogP contribution in [-0.2, 0) is 0 Å². The number of rotatable bonds is 3. The minimum Gasteiger partial charge on any atom is -0.508 e. The molecule has 1 heterocycles. The quantitative estimate of drug-likeness (QED) is 0.440. The standard InChI is InChI=1S/C18H14N2O4/c1-11(19-20-17(22)13-6-4-7-14(21)9-13)15-10-12-5-2-3-8-16(12)24-18(15)23/h2-10,21H,1H3,(H,20,22)/b19-11-. The molecule has 1 amide bonds. The second-order valence-corrected chi connectivity index (χ2v) is 5.17. The number of fused-ring (bicyclic) bond motifs is 1. The maximum Gasteiger partial charge on any atom is 0.345 e. The van der Waals surface area contributed by atoms with E-state index >= 15 is 0 Å². The molecule has 0 spiro atoms. The molecule has 120 valence electrons. The summed E-state index contributed by atoms with van der Waals surface area (Å²) >= 11 is 0. The van der Waals surface area contributed by atoms with Gasteiger partial charge in [0.25, 0.3) is 5.91 Å². The van der Waals surface area contributed by atoms with Gasteiger partial charge in [-0.05, 0) is 37.3 Å². The molecule has 0 saturated heterocycles. The van der Waals surface area contributed by atoms with Crippen molar-refractivity contribution < 1.29 is 14.3 Å². The molecule has 0 unspecified atom stereocenters. The van der Waals surface area contributed by atoms with Gasteiger partial charge in [-0.15, -0.1) is 0 Å². The van der Waals surface area contributed by atoms with E-state index in [-0.39, 0.29) is 16.9 Å². The van der Waals surface area contributed by atoms with Gasteiger partial charge in [-0.3, -0.25) is 4.79 Å². The van der Waals surface area contributed by atoms with Crippen LogP contribution in [0.3, 0.4) is 0 Å². The van der Waals surface area contributed by atoms with Crippen LogP contribution in [0.5, 0.6) is 5.75 Å². The first-order valence-electron chi connectivity index (χ1n) is 7.21. The maximum absolute atomic E-state index is 12.0. The average Bonchev–Trinajstić information content (AvgIpc) is 2.58. The summed E-state index contributed by atoms with van der Waals surface area (Å²) in [5, 5.41) is 14.1. The predicted molar refractivity (Wildman–Crippen MR) is 90.3 cm³/mol. The van der Waals surface area contributed by atoms with Gasteiger partial charge in [0.1, 0.15) is 11.3 Å². The number of nitrogens with one attached hydrogen (secondary N) is 1. The summed E-state index contributed by atoms with van der Waals surface area (Å²) in [7, 11) is 0. The fourth-order valence-corrected chi connectivity index (χ4v) is 2.22. The molecule has 0 fully saturated rings. The largest absolute Gasteiger partial charge is 0.508 e. The third-order valence-corrected chi connectivity index (χ3v) is 3.46. The van der Waals surface area contributed by atoms with Crippen LogP contribution in [0.15, 0.2) is 68.9 Å². The lowest BCUT2D eigenvalue weighted by Gasteiger charge is -2.04. The Hall–Kier alpha value is -3.41. The lowest BCUT2D eigenvalue weighted by molar-refractivity contribution is 0.0954. The van der Waals surface area contributed by atoms with E-state index in [9.17, 15) is 14.7 Å². The van der Waals surface area contributed by atoms with E-state index in [4.69, 9.17) is 4.42 Å². The fraction of sp³-hybridized carbons (Fsp3) is 0.0556. The highest BCUT2D eigenvalue weighted by molar-refractivity contribution is 6.02. The number of carbonyl (C=O) groups is 1. The molecule has 2 N–H and O–H groups in total. The van der Waals surface area contributed by atoms with Crippen LogP contribution in [0, 0.1) is 0 Å². The molecule has 0 aliphatic heterocycles. The summed E-state index contributed by atoms with van der Waals surface area (Å²) in [4.78, 5) is 24.0. The van der Waals surface area contributed by atoms with Crippen molar-refractivity contribution in [3.63, 3.8) is 0 Å². The van der Waals surface area contributed by atoms with E-state index in [0.29, 0.717) is 11.3 Å². The van der Waals surface area contributed by atoms with Crippen molar-refractivity contribution in [3.05, 3.63) is 76.1 Å². The minimum absolute atomic E-state index is 0.0153. The monoisotopic (exact) mass is 322 g/mol.